The molecule has 1 aliphatic carbocycles. The van der Waals surface area contributed by atoms with Crippen molar-refractivity contribution in [3.05, 3.63) is 28.8 Å². The highest BCUT2D eigenvalue weighted by Gasteiger charge is 2.43. The van der Waals surface area contributed by atoms with Crippen molar-refractivity contribution in [2.45, 2.75) is 26.2 Å². The van der Waals surface area contributed by atoms with Gasteiger partial charge >= 0.3 is 0 Å². The van der Waals surface area contributed by atoms with Crippen LogP contribution in [0.3, 0.4) is 0 Å². The zero-order valence-corrected chi connectivity index (χ0v) is 11.4. The quantitative estimate of drug-likeness (QED) is 0.831. The molecule has 0 spiro atoms. The molecule has 2 rings (SSSR count). The Morgan fingerprint density at radius 2 is 2.24 bits per heavy atom. The minimum atomic E-state index is 0.181. The molecule has 0 saturated heterocycles. The molecule has 2 nitrogen and oxygen atoms in total. The molecule has 1 aromatic carbocycles. The van der Waals surface area contributed by atoms with Crippen molar-refractivity contribution in [3.63, 3.8) is 0 Å². The van der Waals surface area contributed by atoms with Crippen molar-refractivity contribution in [2.75, 3.05) is 6.61 Å². The van der Waals surface area contributed by atoms with E-state index in [9.17, 15) is 0 Å². The van der Waals surface area contributed by atoms with Gasteiger partial charge in [0.2, 0.25) is 0 Å². The number of benzene rings is 1. The summed E-state index contributed by atoms with van der Waals surface area (Å²) in [6.07, 6.45) is 3.07. The highest BCUT2D eigenvalue weighted by molar-refractivity contribution is 7.80. The smallest absolute Gasteiger partial charge is 0.123 e. The molecule has 4 heteroatoms. The minimum absolute atomic E-state index is 0.181. The molecular formula is C13H16ClNOS. The van der Waals surface area contributed by atoms with E-state index in [1.807, 2.05) is 25.1 Å². The Bertz CT molecular complexity index is 443. The van der Waals surface area contributed by atoms with Crippen LogP contribution in [-0.2, 0) is 0 Å². The second kappa shape index (κ2) is 4.83. The zero-order valence-electron chi connectivity index (χ0n) is 9.83. The van der Waals surface area contributed by atoms with Crippen LogP contribution in [0.1, 0.15) is 24.8 Å². The van der Waals surface area contributed by atoms with Gasteiger partial charge in [0, 0.05) is 16.9 Å². The first-order chi connectivity index (χ1) is 8.01. The number of hydrogen-bond donors (Lipinski definition) is 1. The van der Waals surface area contributed by atoms with Gasteiger partial charge < -0.3 is 10.5 Å². The highest BCUT2D eigenvalue weighted by Crippen LogP contribution is 2.49. The molecular weight excluding hydrogens is 254 g/mol. The van der Waals surface area contributed by atoms with Gasteiger partial charge in [0.1, 0.15) is 5.75 Å². The monoisotopic (exact) mass is 269 g/mol. The molecule has 92 valence electrons. The first-order valence-electron chi connectivity index (χ1n) is 5.68. The van der Waals surface area contributed by atoms with E-state index < -0.39 is 0 Å². The Balaban J connectivity index is 1.98. The maximum atomic E-state index is 5.95. The van der Waals surface area contributed by atoms with Gasteiger partial charge in [-0.1, -0.05) is 29.9 Å². The Labute approximate surface area is 112 Å². The number of ether oxygens (including phenoxy) is 1. The molecule has 17 heavy (non-hydrogen) atoms. The van der Waals surface area contributed by atoms with Crippen LogP contribution in [-0.4, -0.2) is 11.6 Å². The summed E-state index contributed by atoms with van der Waals surface area (Å²) in [5.41, 5.74) is 6.88. The first-order valence-corrected chi connectivity index (χ1v) is 6.47. The van der Waals surface area contributed by atoms with E-state index in [1.54, 1.807) is 0 Å². The third-order valence-corrected chi connectivity index (χ3v) is 3.57. The summed E-state index contributed by atoms with van der Waals surface area (Å²) in [7, 11) is 0. The van der Waals surface area contributed by atoms with Crippen LogP contribution in [0, 0.1) is 12.3 Å². The lowest BCUT2D eigenvalue weighted by Gasteiger charge is -2.16. The van der Waals surface area contributed by atoms with Gasteiger partial charge in [-0.05, 0) is 37.5 Å². The van der Waals surface area contributed by atoms with Crippen LogP contribution in [0.25, 0.3) is 0 Å². The van der Waals surface area contributed by atoms with Gasteiger partial charge in [-0.15, -0.1) is 0 Å². The molecule has 2 N–H and O–H groups in total. The fourth-order valence-electron chi connectivity index (χ4n) is 1.88. The van der Waals surface area contributed by atoms with Gasteiger partial charge in [-0.2, -0.15) is 0 Å². The van der Waals surface area contributed by atoms with E-state index >= 15 is 0 Å². The summed E-state index contributed by atoms with van der Waals surface area (Å²) in [6.45, 7) is 2.68. The van der Waals surface area contributed by atoms with Gasteiger partial charge in [0.15, 0.2) is 0 Å². The summed E-state index contributed by atoms with van der Waals surface area (Å²) in [5, 5.41) is 0.699. The van der Waals surface area contributed by atoms with Crippen molar-refractivity contribution in [2.24, 2.45) is 11.1 Å². The predicted molar refractivity (Wildman–Crippen MR) is 74.8 cm³/mol. The number of rotatable bonds is 5. The molecule has 0 unspecified atom stereocenters. The molecule has 0 bridgehead atoms. The van der Waals surface area contributed by atoms with Crippen LogP contribution < -0.4 is 10.5 Å². The SMILES string of the molecule is Cc1ccc(Cl)cc1OCC1(CC(N)=S)CC1. The predicted octanol–water partition coefficient (Wildman–Crippen LogP) is 3.48. The lowest BCUT2D eigenvalue weighted by atomic mass is 10.0. The van der Waals surface area contributed by atoms with Crippen LogP contribution in [0.2, 0.25) is 5.02 Å². The van der Waals surface area contributed by atoms with Gasteiger partial charge in [0.05, 0.1) is 11.6 Å². The number of halogens is 1. The van der Waals surface area contributed by atoms with Crippen LogP contribution in [0.15, 0.2) is 18.2 Å². The van der Waals surface area contributed by atoms with Gasteiger partial charge in [0.25, 0.3) is 0 Å². The Kier molecular flexibility index (Phi) is 3.59. The molecule has 0 atom stereocenters. The Morgan fingerprint density at radius 3 is 2.82 bits per heavy atom. The maximum Gasteiger partial charge on any atom is 0.123 e. The lowest BCUT2D eigenvalue weighted by molar-refractivity contribution is 0.238. The van der Waals surface area contributed by atoms with Crippen molar-refractivity contribution in [1.29, 1.82) is 0 Å². The van der Waals surface area contributed by atoms with E-state index in [4.69, 9.17) is 34.3 Å². The summed E-state index contributed by atoms with van der Waals surface area (Å²) in [5.74, 6) is 0.853. The van der Waals surface area contributed by atoms with Crippen molar-refractivity contribution in [3.8, 4) is 5.75 Å². The fraction of sp³-hybridized carbons (Fsp3) is 0.462. The van der Waals surface area contributed by atoms with Crippen molar-refractivity contribution in [1.82, 2.24) is 0 Å². The molecule has 0 aromatic heterocycles. The molecule has 0 heterocycles. The van der Waals surface area contributed by atoms with Crippen molar-refractivity contribution >= 4 is 28.8 Å². The van der Waals surface area contributed by atoms with E-state index in [0.717, 1.165) is 30.6 Å². The number of hydrogen-bond acceptors (Lipinski definition) is 2. The molecule has 0 radical (unpaired) electrons. The Hall–Kier alpha value is -0.800. The summed E-state index contributed by atoms with van der Waals surface area (Å²) < 4.78 is 5.85. The second-order valence-corrected chi connectivity index (χ2v) is 5.80. The average Bonchev–Trinajstić information content (AvgIpc) is 2.99. The molecule has 0 aliphatic heterocycles. The zero-order chi connectivity index (χ0) is 12.5. The van der Waals surface area contributed by atoms with Gasteiger partial charge in [-0.25, -0.2) is 0 Å². The van der Waals surface area contributed by atoms with Crippen LogP contribution in [0.5, 0.6) is 5.75 Å². The topological polar surface area (TPSA) is 35.2 Å². The first kappa shape index (κ1) is 12.7. The number of aryl methyl sites for hydroxylation is 1. The minimum Gasteiger partial charge on any atom is -0.493 e. The van der Waals surface area contributed by atoms with Crippen LogP contribution in [0.4, 0.5) is 0 Å². The number of thiocarbonyl (C=S) groups is 1. The molecule has 1 aliphatic rings. The largest absolute Gasteiger partial charge is 0.493 e. The highest BCUT2D eigenvalue weighted by atomic mass is 35.5. The van der Waals surface area contributed by atoms with E-state index in [-0.39, 0.29) is 5.41 Å². The molecule has 1 saturated carbocycles. The Morgan fingerprint density at radius 1 is 1.53 bits per heavy atom. The average molecular weight is 270 g/mol. The van der Waals surface area contributed by atoms with Crippen molar-refractivity contribution < 1.29 is 4.74 Å². The van der Waals surface area contributed by atoms with E-state index in [0.29, 0.717) is 16.6 Å². The van der Waals surface area contributed by atoms with Crippen LogP contribution >= 0.6 is 23.8 Å². The lowest BCUT2D eigenvalue weighted by Crippen LogP contribution is -2.21. The van der Waals surface area contributed by atoms with E-state index in [1.165, 1.54) is 0 Å². The second-order valence-electron chi connectivity index (χ2n) is 4.84. The molecule has 1 fully saturated rings. The third kappa shape index (κ3) is 3.33. The standard InChI is InChI=1S/C13H16ClNOS/c1-9-2-3-10(14)6-11(9)16-8-13(4-5-13)7-12(15)17/h2-3,6H,4-5,7-8H2,1H3,(H2,15,17). The molecule has 0 amide bonds. The third-order valence-electron chi connectivity index (χ3n) is 3.19. The summed E-state index contributed by atoms with van der Waals surface area (Å²) in [4.78, 5) is 0.578. The van der Waals surface area contributed by atoms with E-state index in [2.05, 4.69) is 0 Å². The fourth-order valence-corrected chi connectivity index (χ4v) is 2.35. The number of nitrogens with two attached hydrogens (primary N) is 1. The van der Waals surface area contributed by atoms with Gasteiger partial charge in [-0.3, -0.25) is 0 Å². The summed E-state index contributed by atoms with van der Waals surface area (Å²) >= 11 is 10.9. The summed E-state index contributed by atoms with van der Waals surface area (Å²) in [6, 6.07) is 5.68. The normalized spacial score (nSPS) is 16.6. The maximum absolute atomic E-state index is 5.95. The molecule has 1 aromatic rings.